The number of aromatic nitrogens is 2. The Labute approximate surface area is 191 Å². The molecule has 0 aliphatic heterocycles. The number of halogens is 4. The van der Waals surface area contributed by atoms with Gasteiger partial charge in [0.25, 0.3) is 11.8 Å². The maximum atomic E-state index is 13.3. The number of hydrogen-bond acceptors (Lipinski definition) is 6. The molecule has 1 aromatic carbocycles. The average Bonchev–Trinajstić information content (AvgIpc) is 2.76. The van der Waals surface area contributed by atoms with Gasteiger partial charge in [0.05, 0.1) is 17.4 Å². The van der Waals surface area contributed by atoms with Crippen molar-refractivity contribution < 1.29 is 27.2 Å². The van der Waals surface area contributed by atoms with Gasteiger partial charge in [-0.05, 0) is 35.9 Å². The Morgan fingerprint density at radius 2 is 1.79 bits per heavy atom. The van der Waals surface area contributed by atoms with E-state index in [2.05, 4.69) is 20.6 Å². The summed E-state index contributed by atoms with van der Waals surface area (Å²) < 4.78 is 50.9. The van der Waals surface area contributed by atoms with Crippen molar-refractivity contribution in [1.29, 1.82) is 0 Å². The molecule has 0 atom stereocenters. The lowest BCUT2D eigenvalue weighted by molar-refractivity contribution is -0.138. The first kappa shape index (κ1) is 24.4. The molecule has 2 aromatic heterocycles. The zero-order chi connectivity index (χ0) is 24.9. The maximum Gasteiger partial charge on any atom is 0.406 e. The quantitative estimate of drug-likeness (QED) is 0.428. The van der Waals surface area contributed by atoms with E-state index in [-0.39, 0.29) is 17.7 Å². The first-order chi connectivity index (χ1) is 16.0. The molecule has 0 bridgehead atoms. The highest BCUT2D eigenvalue weighted by atomic mass is 19.4. The number of primary amides is 1. The minimum Gasteiger partial charge on any atom is -0.380 e. The first-order valence-electron chi connectivity index (χ1n) is 9.84. The smallest absolute Gasteiger partial charge is 0.380 e. The van der Waals surface area contributed by atoms with Gasteiger partial charge in [0, 0.05) is 43.3 Å². The normalized spacial score (nSPS) is 11.1. The van der Waals surface area contributed by atoms with Crippen LogP contribution in [0.25, 0.3) is 0 Å². The Morgan fingerprint density at radius 1 is 1.09 bits per heavy atom. The number of nitrogens with two attached hydrogens (primary N) is 1. The molecule has 0 saturated carbocycles. The second kappa shape index (κ2) is 10.1. The third-order valence-corrected chi connectivity index (χ3v) is 4.58. The van der Waals surface area contributed by atoms with Crippen molar-refractivity contribution in [2.45, 2.75) is 12.7 Å². The van der Waals surface area contributed by atoms with Gasteiger partial charge in [-0.2, -0.15) is 13.2 Å². The minimum atomic E-state index is -4.49. The molecule has 34 heavy (non-hydrogen) atoms. The van der Waals surface area contributed by atoms with Crippen LogP contribution in [-0.2, 0) is 6.54 Å². The number of nitrogens with zero attached hydrogens (tertiary/aromatic N) is 3. The van der Waals surface area contributed by atoms with Crippen LogP contribution in [0.3, 0.4) is 0 Å². The van der Waals surface area contributed by atoms with Crippen molar-refractivity contribution in [3.05, 3.63) is 77.5 Å². The summed E-state index contributed by atoms with van der Waals surface area (Å²) in [4.78, 5) is 32.4. The van der Waals surface area contributed by atoms with Crippen molar-refractivity contribution in [3.8, 4) is 0 Å². The van der Waals surface area contributed by atoms with Crippen molar-refractivity contribution in [2.75, 3.05) is 24.2 Å². The number of carbonyl (C=O) groups excluding carboxylic acids is 2. The minimum absolute atomic E-state index is 0.0837. The predicted molar refractivity (Wildman–Crippen MR) is 117 cm³/mol. The standard InChI is InChI=1S/C22H20F4N6O2/c1-32(12-22(24,25)26)21(34)14-2-4-16(5-3-14)31-19-7-18(17(11-30-19)20(27)33)29-9-13-6-15(23)10-28-8-13/h2-8,10-11H,9,12H2,1H3,(H2,27,33)(H2,29,30,31). The second-order valence-corrected chi connectivity index (χ2v) is 7.32. The summed E-state index contributed by atoms with van der Waals surface area (Å²) in [6.45, 7) is -1.19. The Bertz CT molecular complexity index is 1180. The fourth-order valence-corrected chi connectivity index (χ4v) is 3.02. The molecule has 0 radical (unpaired) electrons. The third-order valence-electron chi connectivity index (χ3n) is 4.58. The van der Waals surface area contributed by atoms with Crippen molar-refractivity contribution >= 4 is 29.0 Å². The lowest BCUT2D eigenvalue weighted by Crippen LogP contribution is -2.35. The zero-order valence-electron chi connectivity index (χ0n) is 17.9. The summed E-state index contributed by atoms with van der Waals surface area (Å²) in [6.07, 6.45) is -0.693. The number of nitrogens with one attached hydrogen (secondary N) is 2. The molecule has 0 unspecified atom stereocenters. The first-order valence-corrected chi connectivity index (χ1v) is 9.84. The molecule has 0 spiro atoms. The number of carbonyl (C=O) groups is 2. The predicted octanol–water partition coefficient (Wildman–Crippen LogP) is 3.70. The van der Waals surface area contributed by atoms with Gasteiger partial charge in [0.1, 0.15) is 18.2 Å². The summed E-state index contributed by atoms with van der Waals surface area (Å²) in [5.41, 5.74) is 6.97. The van der Waals surface area contributed by atoms with Crippen LogP contribution in [0, 0.1) is 5.82 Å². The molecule has 2 amide bonds. The van der Waals surface area contributed by atoms with Gasteiger partial charge < -0.3 is 21.3 Å². The van der Waals surface area contributed by atoms with E-state index in [1.807, 2.05) is 0 Å². The maximum absolute atomic E-state index is 13.3. The molecule has 12 heteroatoms. The van der Waals surface area contributed by atoms with E-state index < -0.39 is 30.4 Å². The summed E-state index contributed by atoms with van der Waals surface area (Å²) in [6, 6.07) is 8.58. The van der Waals surface area contributed by atoms with Crippen LogP contribution in [-0.4, -0.2) is 46.5 Å². The van der Waals surface area contributed by atoms with Gasteiger partial charge in [-0.15, -0.1) is 0 Å². The van der Waals surface area contributed by atoms with E-state index in [9.17, 15) is 27.2 Å². The number of hydrogen-bond donors (Lipinski definition) is 3. The molecule has 3 aromatic rings. The molecule has 0 aliphatic carbocycles. The molecule has 3 rings (SSSR count). The average molecular weight is 476 g/mol. The van der Waals surface area contributed by atoms with Gasteiger partial charge in [-0.3, -0.25) is 14.6 Å². The van der Waals surface area contributed by atoms with Gasteiger partial charge >= 0.3 is 6.18 Å². The van der Waals surface area contributed by atoms with Crippen LogP contribution in [0.1, 0.15) is 26.3 Å². The topological polar surface area (TPSA) is 113 Å². The summed E-state index contributed by atoms with van der Waals surface area (Å²) in [5, 5.41) is 5.96. The zero-order valence-corrected chi connectivity index (χ0v) is 17.9. The van der Waals surface area contributed by atoms with E-state index in [0.29, 0.717) is 27.7 Å². The van der Waals surface area contributed by atoms with Crippen molar-refractivity contribution in [3.63, 3.8) is 0 Å². The molecular formula is C22H20F4N6O2. The largest absolute Gasteiger partial charge is 0.406 e. The van der Waals surface area contributed by atoms with E-state index in [4.69, 9.17) is 5.73 Å². The molecule has 0 fully saturated rings. The van der Waals surface area contributed by atoms with Crippen LogP contribution in [0.4, 0.5) is 34.8 Å². The fourth-order valence-electron chi connectivity index (χ4n) is 3.02. The Kier molecular flexibility index (Phi) is 7.29. The molecule has 4 N–H and O–H groups in total. The monoisotopic (exact) mass is 476 g/mol. The molecule has 178 valence electrons. The molecule has 2 heterocycles. The van der Waals surface area contributed by atoms with Crippen LogP contribution in [0.2, 0.25) is 0 Å². The number of amides is 2. The molecular weight excluding hydrogens is 456 g/mol. The van der Waals surface area contributed by atoms with Crippen LogP contribution in [0.5, 0.6) is 0 Å². The number of rotatable bonds is 8. The van der Waals surface area contributed by atoms with E-state index in [0.717, 1.165) is 13.2 Å². The highest BCUT2D eigenvalue weighted by molar-refractivity contribution is 5.98. The SMILES string of the molecule is CN(CC(F)(F)F)C(=O)c1ccc(Nc2cc(NCc3cncc(F)c3)c(C(N)=O)cn2)cc1. The highest BCUT2D eigenvalue weighted by Gasteiger charge is 2.31. The lowest BCUT2D eigenvalue weighted by Gasteiger charge is -2.19. The van der Waals surface area contributed by atoms with Crippen molar-refractivity contribution in [2.24, 2.45) is 5.73 Å². The molecule has 0 aliphatic rings. The summed E-state index contributed by atoms with van der Waals surface area (Å²) in [5.74, 6) is -1.67. The van der Waals surface area contributed by atoms with Crippen LogP contribution in [0.15, 0.2) is 55.0 Å². The lowest BCUT2D eigenvalue weighted by atomic mass is 10.1. The number of alkyl halides is 3. The number of benzene rings is 1. The van der Waals surface area contributed by atoms with E-state index in [1.54, 1.807) is 0 Å². The highest BCUT2D eigenvalue weighted by Crippen LogP contribution is 2.23. The number of pyridine rings is 2. The Hall–Kier alpha value is -4.22. The van der Waals surface area contributed by atoms with Crippen LogP contribution < -0.4 is 16.4 Å². The fraction of sp³-hybridized carbons (Fsp3) is 0.182. The molecule has 8 nitrogen and oxygen atoms in total. The van der Waals surface area contributed by atoms with Gasteiger partial charge in [0.15, 0.2) is 0 Å². The number of anilines is 3. The molecule has 0 saturated heterocycles. The van der Waals surface area contributed by atoms with Crippen LogP contribution >= 0.6 is 0 Å². The van der Waals surface area contributed by atoms with E-state index in [1.165, 1.54) is 48.8 Å². The second-order valence-electron chi connectivity index (χ2n) is 7.32. The third kappa shape index (κ3) is 6.64. The van der Waals surface area contributed by atoms with Crippen molar-refractivity contribution in [1.82, 2.24) is 14.9 Å². The van der Waals surface area contributed by atoms with Gasteiger partial charge in [0.2, 0.25) is 0 Å². The Balaban J connectivity index is 1.73. The summed E-state index contributed by atoms with van der Waals surface area (Å²) in [7, 11) is 1.07. The van der Waals surface area contributed by atoms with Gasteiger partial charge in [-0.1, -0.05) is 0 Å². The van der Waals surface area contributed by atoms with Gasteiger partial charge in [-0.25, -0.2) is 9.37 Å². The van der Waals surface area contributed by atoms with E-state index >= 15 is 0 Å². The Morgan fingerprint density at radius 3 is 2.41 bits per heavy atom. The summed E-state index contributed by atoms with van der Waals surface area (Å²) >= 11 is 0.